The molecule has 0 radical (unpaired) electrons. The quantitative estimate of drug-likeness (QED) is 0.748. The third-order valence-corrected chi connectivity index (χ3v) is 8.46. The molecule has 1 atom stereocenters. The first-order chi connectivity index (χ1) is 14.1. The maximum absolute atomic E-state index is 13.1. The number of amides is 1. The van der Waals surface area contributed by atoms with Crippen molar-refractivity contribution in [1.82, 2.24) is 9.62 Å². The number of carbonyl (C=O) groups excluding carboxylic acids is 1. The normalized spacial score (nSPS) is 25.9. The number of hydrogen-bond acceptors (Lipinski definition) is 3. The molecule has 1 heterocycles. The van der Waals surface area contributed by atoms with Crippen LogP contribution in [0.5, 0.6) is 0 Å². The first-order valence-electron chi connectivity index (χ1n) is 11.4. The van der Waals surface area contributed by atoms with Gasteiger partial charge in [0.15, 0.2) is 0 Å². The number of piperidine rings is 1. The first-order valence-corrected chi connectivity index (χ1v) is 12.9. The van der Waals surface area contributed by atoms with Crippen molar-refractivity contribution < 1.29 is 13.2 Å². The lowest BCUT2D eigenvalue weighted by Crippen LogP contribution is -2.46. The summed E-state index contributed by atoms with van der Waals surface area (Å²) in [7, 11) is -3.51. The molecule has 1 aliphatic carbocycles. The van der Waals surface area contributed by atoms with Crippen LogP contribution in [-0.2, 0) is 14.8 Å². The Hall–Kier alpha value is -1.40. The van der Waals surface area contributed by atoms with E-state index in [1.165, 1.54) is 0 Å². The minimum absolute atomic E-state index is 0.145. The summed E-state index contributed by atoms with van der Waals surface area (Å²) in [5, 5.41) is 0. The highest BCUT2D eigenvalue weighted by Crippen LogP contribution is 2.40. The summed E-state index contributed by atoms with van der Waals surface area (Å²) in [6.45, 7) is 10.7. The molecule has 2 fully saturated rings. The molecule has 2 aliphatic rings. The lowest BCUT2D eigenvalue weighted by atomic mass is 9.69. The van der Waals surface area contributed by atoms with Crippen LogP contribution in [0.25, 0.3) is 0 Å². The minimum atomic E-state index is -3.51. The van der Waals surface area contributed by atoms with Gasteiger partial charge in [0.2, 0.25) is 15.9 Å². The molecule has 1 unspecified atom stereocenters. The van der Waals surface area contributed by atoms with Crippen LogP contribution in [0.15, 0.2) is 29.2 Å². The summed E-state index contributed by atoms with van der Waals surface area (Å²) in [6, 6.07) is 6.90. The summed E-state index contributed by atoms with van der Waals surface area (Å²) in [4.78, 5) is 15.4. The number of nitrogens with one attached hydrogen (secondary N) is 1. The molecule has 5 nitrogen and oxygen atoms in total. The predicted molar refractivity (Wildman–Crippen MR) is 121 cm³/mol. The number of carbonyl (C=O) groups is 1. The number of hydrogen-bond donors (Lipinski definition) is 1. The summed E-state index contributed by atoms with van der Waals surface area (Å²) in [5.41, 5.74) is 1.35. The van der Waals surface area contributed by atoms with Gasteiger partial charge < -0.3 is 4.90 Å². The van der Waals surface area contributed by atoms with Crippen molar-refractivity contribution in [2.24, 2.45) is 23.2 Å². The van der Waals surface area contributed by atoms with Crippen molar-refractivity contribution in [3.8, 4) is 0 Å². The fraction of sp³-hybridized carbons (Fsp3) is 0.708. The van der Waals surface area contributed by atoms with E-state index in [1.54, 1.807) is 12.1 Å². The lowest BCUT2D eigenvalue weighted by molar-refractivity contribution is -0.139. The van der Waals surface area contributed by atoms with Crippen molar-refractivity contribution in [2.45, 2.75) is 71.1 Å². The van der Waals surface area contributed by atoms with E-state index in [0.717, 1.165) is 50.6 Å². The van der Waals surface area contributed by atoms with Gasteiger partial charge in [0.05, 0.1) is 4.90 Å². The van der Waals surface area contributed by atoms with Crippen molar-refractivity contribution >= 4 is 15.9 Å². The van der Waals surface area contributed by atoms with Crippen LogP contribution in [0.4, 0.5) is 0 Å². The molecule has 0 spiro atoms. The standard InChI is InChI=1S/C24H38N2O3S/c1-18-7-13-22(14-8-18)30(28,29)25-16-19-6-5-15-26(17-19)23(27)20-9-11-21(12-10-20)24(2,3)4/h7-8,13-14,19-21,25H,5-6,9-12,15-17H2,1-4H3. The third kappa shape index (κ3) is 5.85. The number of benzene rings is 1. The van der Waals surface area contributed by atoms with Crippen LogP contribution in [-0.4, -0.2) is 38.9 Å². The number of likely N-dealkylation sites (tertiary alicyclic amines) is 1. The monoisotopic (exact) mass is 434 g/mol. The van der Waals surface area contributed by atoms with Crippen molar-refractivity contribution in [3.63, 3.8) is 0 Å². The van der Waals surface area contributed by atoms with Gasteiger partial charge in [-0.1, -0.05) is 38.5 Å². The first kappa shape index (κ1) is 23.3. The predicted octanol–water partition coefficient (Wildman–Crippen LogP) is 4.36. The fourth-order valence-corrected chi connectivity index (χ4v) is 6.04. The van der Waals surface area contributed by atoms with E-state index in [9.17, 15) is 13.2 Å². The molecule has 1 aromatic rings. The summed E-state index contributed by atoms with van der Waals surface area (Å²) < 4.78 is 27.9. The molecule has 0 aromatic heterocycles. The second-order valence-electron chi connectivity index (χ2n) is 10.4. The van der Waals surface area contributed by atoms with Crippen LogP contribution in [0, 0.1) is 30.1 Å². The Balaban J connectivity index is 1.51. The smallest absolute Gasteiger partial charge is 0.240 e. The van der Waals surface area contributed by atoms with E-state index in [-0.39, 0.29) is 17.7 Å². The average molecular weight is 435 g/mol. The van der Waals surface area contributed by atoms with Crippen LogP contribution < -0.4 is 4.72 Å². The summed E-state index contributed by atoms with van der Waals surface area (Å²) in [6.07, 6.45) is 6.14. The zero-order valence-corrected chi connectivity index (χ0v) is 19.8. The van der Waals surface area contributed by atoms with E-state index in [0.29, 0.717) is 29.3 Å². The van der Waals surface area contributed by atoms with E-state index in [4.69, 9.17) is 0 Å². The fourth-order valence-electron chi connectivity index (χ4n) is 4.92. The van der Waals surface area contributed by atoms with Gasteiger partial charge in [-0.05, 0) is 74.8 Å². The highest BCUT2D eigenvalue weighted by molar-refractivity contribution is 7.89. The van der Waals surface area contributed by atoms with Gasteiger partial charge in [0, 0.05) is 25.6 Å². The van der Waals surface area contributed by atoms with Crippen LogP contribution in [0.2, 0.25) is 0 Å². The molecule has 1 N–H and O–H groups in total. The number of aryl methyl sites for hydroxylation is 1. The van der Waals surface area contributed by atoms with E-state index in [2.05, 4.69) is 25.5 Å². The Labute approximate surface area is 182 Å². The molecular formula is C24H38N2O3S. The SMILES string of the molecule is Cc1ccc(S(=O)(=O)NCC2CCCN(C(=O)C3CCC(C(C)(C)C)CC3)C2)cc1. The van der Waals surface area contributed by atoms with Gasteiger partial charge in [0.1, 0.15) is 0 Å². The number of sulfonamides is 1. The second kappa shape index (κ2) is 9.39. The molecule has 1 saturated heterocycles. The average Bonchev–Trinajstić information content (AvgIpc) is 2.72. The van der Waals surface area contributed by atoms with Gasteiger partial charge >= 0.3 is 0 Å². The Kier molecular flexibility index (Phi) is 7.28. The molecule has 0 bridgehead atoms. The van der Waals surface area contributed by atoms with Gasteiger partial charge in [-0.3, -0.25) is 4.79 Å². The zero-order valence-electron chi connectivity index (χ0n) is 19.0. The van der Waals surface area contributed by atoms with Gasteiger partial charge in [-0.2, -0.15) is 0 Å². The molecule has 1 amide bonds. The van der Waals surface area contributed by atoms with Crippen LogP contribution >= 0.6 is 0 Å². The molecule has 1 aliphatic heterocycles. The second-order valence-corrected chi connectivity index (χ2v) is 12.1. The zero-order chi connectivity index (χ0) is 21.9. The van der Waals surface area contributed by atoms with E-state index < -0.39 is 10.0 Å². The Morgan fingerprint density at radius 2 is 1.70 bits per heavy atom. The largest absolute Gasteiger partial charge is 0.342 e. The third-order valence-electron chi connectivity index (χ3n) is 7.03. The van der Waals surface area contributed by atoms with E-state index >= 15 is 0 Å². The molecule has 168 valence electrons. The summed E-state index contributed by atoms with van der Waals surface area (Å²) >= 11 is 0. The maximum Gasteiger partial charge on any atom is 0.240 e. The van der Waals surface area contributed by atoms with Gasteiger partial charge in [0.25, 0.3) is 0 Å². The highest BCUT2D eigenvalue weighted by Gasteiger charge is 2.35. The molecule has 30 heavy (non-hydrogen) atoms. The highest BCUT2D eigenvalue weighted by atomic mass is 32.2. The van der Waals surface area contributed by atoms with Gasteiger partial charge in [-0.15, -0.1) is 0 Å². The molecule has 1 aromatic carbocycles. The van der Waals surface area contributed by atoms with Crippen molar-refractivity contribution in [1.29, 1.82) is 0 Å². The van der Waals surface area contributed by atoms with Crippen molar-refractivity contribution in [3.05, 3.63) is 29.8 Å². The Morgan fingerprint density at radius 3 is 2.30 bits per heavy atom. The Bertz CT molecular complexity index is 819. The lowest BCUT2D eigenvalue weighted by Gasteiger charge is -2.39. The molecular weight excluding hydrogens is 396 g/mol. The van der Waals surface area contributed by atoms with Gasteiger partial charge in [-0.25, -0.2) is 13.1 Å². The number of rotatable bonds is 5. The van der Waals surface area contributed by atoms with Crippen LogP contribution in [0.3, 0.4) is 0 Å². The van der Waals surface area contributed by atoms with Crippen LogP contribution in [0.1, 0.15) is 64.9 Å². The Morgan fingerprint density at radius 1 is 1.07 bits per heavy atom. The molecule has 1 saturated carbocycles. The summed E-state index contributed by atoms with van der Waals surface area (Å²) in [5.74, 6) is 1.31. The molecule has 6 heteroatoms. The van der Waals surface area contributed by atoms with Crippen molar-refractivity contribution in [2.75, 3.05) is 19.6 Å². The maximum atomic E-state index is 13.1. The molecule has 3 rings (SSSR count). The topological polar surface area (TPSA) is 66.5 Å². The minimum Gasteiger partial charge on any atom is -0.342 e. The van der Waals surface area contributed by atoms with E-state index in [1.807, 2.05) is 24.0 Å². The number of nitrogens with zero attached hydrogens (tertiary/aromatic N) is 1.